The van der Waals surface area contributed by atoms with Crippen LogP contribution in [0.15, 0.2) is 59.1 Å². The zero-order valence-corrected chi connectivity index (χ0v) is 19.0. The Labute approximate surface area is 190 Å². The van der Waals surface area contributed by atoms with Crippen LogP contribution in [0.1, 0.15) is 50.1 Å². The number of pyridine rings is 1. The maximum Gasteiger partial charge on any atom is 0.219 e. The Morgan fingerprint density at radius 1 is 1.00 bits per heavy atom. The number of aromatic nitrogens is 1. The summed E-state index contributed by atoms with van der Waals surface area (Å²) in [6, 6.07) is 18.2. The number of rotatable bonds is 2. The molecule has 30 heavy (non-hydrogen) atoms. The molecular weight excluding hydrogens is 460 g/mol. The zero-order chi connectivity index (χ0) is 20.7. The Bertz CT molecular complexity index is 1080. The fraction of sp³-hybridized carbons (Fsp3) is 0.320. The van der Waals surface area contributed by atoms with Gasteiger partial charge in [-0.15, -0.1) is 0 Å². The molecule has 1 atom stereocenters. The molecule has 3 nitrogen and oxygen atoms in total. The minimum atomic E-state index is -0.172. The number of nitrogens with two attached hydrogens (primary N) is 1. The van der Waals surface area contributed by atoms with Crippen molar-refractivity contribution in [2.45, 2.75) is 50.2 Å². The van der Waals surface area contributed by atoms with Crippen LogP contribution in [-0.4, -0.2) is 10.6 Å². The second-order valence-corrected chi connectivity index (χ2v) is 9.74. The van der Waals surface area contributed by atoms with Crippen LogP contribution in [0, 0.1) is 0 Å². The lowest BCUT2D eigenvalue weighted by Crippen LogP contribution is -2.44. The molecule has 1 saturated carbocycles. The number of ether oxygens (including phenoxy) is 1. The van der Waals surface area contributed by atoms with Gasteiger partial charge in [0.1, 0.15) is 5.60 Å². The van der Waals surface area contributed by atoms with E-state index in [1.54, 1.807) is 0 Å². The number of nitrogens with zero attached hydrogens (tertiary/aromatic N) is 1. The summed E-state index contributed by atoms with van der Waals surface area (Å²) < 4.78 is 7.64. The van der Waals surface area contributed by atoms with E-state index in [2.05, 4.69) is 34.1 Å². The van der Waals surface area contributed by atoms with Crippen molar-refractivity contribution in [3.63, 3.8) is 0 Å². The summed E-state index contributed by atoms with van der Waals surface area (Å²) in [5, 5.41) is 0.677. The van der Waals surface area contributed by atoms with Gasteiger partial charge in [0.25, 0.3) is 0 Å². The summed E-state index contributed by atoms with van der Waals surface area (Å²) in [4.78, 5) is 5.04. The minimum absolute atomic E-state index is 0.0751. The standard InChI is InChI=1S/C25H24BrClN2O/c26-17-10-8-16(9-11-17)19-14-20-22(28)15-25(12-4-1-5-13-25)30-24(20)29-23(19)18-6-2-3-7-21(18)27/h2-3,6-11,14,22H,1,4-5,12-13,15,28H2. The van der Waals surface area contributed by atoms with E-state index in [-0.39, 0.29) is 11.6 Å². The molecule has 1 fully saturated rings. The number of fused-ring (bicyclic) bond motifs is 1. The van der Waals surface area contributed by atoms with Gasteiger partial charge in [-0.1, -0.05) is 64.3 Å². The van der Waals surface area contributed by atoms with E-state index in [9.17, 15) is 0 Å². The van der Waals surface area contributed by atoms with Crippen LogP contribution in [0.2, 0.25) is 5.02 Å². The normalized spacial score (nSPS) is 19.9. The highest BCUT2D eigenvalue weighted by molar-refractivity contribution is 9.10. The predicted molar refractivity (Wildman–Crippen MR) is 126 cm³/mol. The average Bonchev–Trinajstić information content (AvgIpc) is 2.74. The summed E-state index contributed by atoms with van der Waals surface area (Å²) in [5.74, 6) is 0.673. The molecule has 1 aliphatic heterocycles. The lowest BCUT2D eigenvalue weighted by Gasteiger charge is -2.43. The smallest absolute Gasteiger partial charge is 0.219 e. The molecule has 1 aromatic heterocycles. The molecule has 5 rings (SSSR count). The van der Waals surface area contributed by atoms with Crippen LogP contribution in [0.3, 0.4) is 0 Å². The van der Waals surface area contributed by atoms with Gasteiger partial charge in [-0.2, -0.15) is 0 Å². The van der Waals surface area contributed by atoms with E-state index in [0.29, 0.717) is 10.9 Å². The van der Waals surface area contributed by atoms with Gasteiger partial charge < -0.3 is 10.5 Å². The summed E-state index contributed by atoms with van der Waals surface area (Å²) in [6.07, 6.45) is 6.61. The third-order valence-corrected chi connectivity index (χ3v) is 7.23. The lowest BCUT2D eigenvalue weighted by molar-refractivity contribution is -0.00236. The number of benzene rings is 2. The van der Waals surface area contributed by atoms with E-state index in [1.165, 1.54) is 19.3 Å². The van der Waals surface area contributed by atoms with Crippen LogP contribution in [0.5, 0.6) is 5.88 Å². The first kappa shape index (κ1) is 20.0. The Morgan fingerprint density at radius 3 is 2.47 bits per heavy atom. The SMILES string of the molecule is NC1CC2(CCCCC2)Oc2nc(-c3ccccc3Cl)c(-c3ccc(Br)cc3)cc21. The van der Waals surface area contributed by atoms with Crippen molar-refractivity contribution in [2.75, 3.05) is 0 Å². The Kier molecular flexibility index (Phi) is 5.34. The molecule has 3 aromatic rings. The van der Waals surface area contributed by atoms with E-state index in [1.807, 2.05) is 36.4 Å². The molecule has 1 aliphatic carbocycles. The maximum atomic E-state index is 6.69. The van der Waals surface area contributed by atoms with E-state index in [4.69, 9.17) is 27.1 Å². The highest BCUT2D eigenvalue weighted by Gasteiger charge is 2.42. The average molecular weight is 484 g/mol. The van der Waals surface area contributed by atoms with Crippen LogP contribution in [0.4, 0.5) is 0 Å². The molecule has 0 bridgehead atoms. The molecule has 1 spiro atoms. The monoisotopic (exact) mass is 482 g/mol. The molecule has 0 amide bonds. The quantitative estimate of drug-likeness (QED) is 0.415. The maximum absolute atomic E-state index is 6.69. The van der Waals surface area contributed by atoms with Crippen molar-refractivity contribution in [1.29, 1.82) is 0 Å². The first-order valence-electron chi connectivity index (χ1n) is 10.6. The van der Waals surface area contributed by atoms with Crippen LogP contribution in [-0.2, 0) is 0 Å². The Morgan fingerprint density at radius 2 is 1.73 bits per heavy atom. The number of halogens is 2. The van der Waals surface area contributed by atoms with Crippen LogP contribution >= 0.6 is 27.5 Å². The highest BCUT2D eigenvalue weighted by Crippen LogP contribution is 2.47. The summed E-state index contributed by atoms with van der Waals surface area (Å²) in [5.41, 5.74) is 11.3. The van der Waals surface area contributed by atoms with Crippen LogP contribution < -0.4 is 10.5 Å². The number of hydrogen-bond donors (Lipinski definition) is 1. The van der Waals surface area contributed by atoms with Gasteiger partial charge in [0.2, 0.25) is 5.88 Å². The Hall–Kier alpha value is -1.88. The van der Waals surface area contributed by atoms with Crippen molar-refractivity contribution in [3.05, 3.63) is 69.7 Å². The van der Waals surface area contributed by atoms with Crippen molar-refractivity contribution >= 4 is 27.5 Å². The molecule has 2 aliphatic rings. The summed E-state index contributed by atoms with van der Waals surface area (Å²) in [6.45, 7) is 0. The molecule has 2 N–H and O–H groups in total. The van der Waals surface area contributed by atoms with E-state index < -0.39 is 0 Å². The largest absolute Gasteiger partial charge is 0.471 e. The summed E-state index contributed by atoms with van der Waals surface area (Å²) in [7, 11) is 0. The Balaban J connectivity index is 1.69. The fourth-order valence-electron chi connectivity index (χ4n) is 4.83. The van der Waals surface area contributed by atoms with Crippen LogP contribution in [0.25, 0.3) is 22.4 Å². The molecule has 2 heterocycles. The van der Waals surface area contributed by atoms with Gasteiger partial charge in [0.05, 0.1) is 5.69 Å². The van der Waals surface area contributed by atoms with Gasteiger partial charge in [0.15, 0.2) is 0 Å². The molecule has 0 radical (unpaired) electrons. The number of hydrogen-bond acceptors (Lipinski definition) is 3. The first-order chi connectivity index (χ1) is 14.5. The van der Waals surface area contributed by atoms with Crippen molar-refractivity contribution < 1.29 is 4.74 Å². The molecule has 1 unspecified atom stereocenters. The second-order valence-electron chi connectivity index (χ2n) is 8.42. The topological polar surface area (TPSA) is 48.1 Å². The van der Waals surface area contributed by atoms with Gasteiger partial charge in [-0.05, 0) is 55.5 Å². The molecule has 2 aromatic carbocycles. The second kappa shape index (κ2) is 7.99. The highest BCUT2D eigenvalue weighted by atomic mass is 79.9. The van der Waals surface area contributed by atoms with Crippen molar-refractivity contribution in [1.82, 2.24) is 4.98 Å². The van der Waals surface area contributed by atoms with E-state index in [0.717, 1.165) is 51.7 Å². The summed E-state index contributed by atoms with van der Waals surface area (Å²) >= 11 is 10.1. The van der Waals surface area contributed by atoms with Gasteiger partial charge in [0, 0.05) is 38.6 Å². The first-order valence-corrected chi connectivity index (χ1v) is 11.7. The van der Waals surface area contributed by atoms with Gasteiger partial charge in [-0.25, -0.2) is 4.98 Å². The third kappa shape index (κ3) is 3.66. The van der Waals surface area contributed by atoms with Gasteiger partial charge >= 0.3 is 0 Å². The molecule has 154 valence electrons. The fourth-order valence-corrected chi connectivity index (χ4v) is 5.32. The van der Waals surface area contributed by atoms with Crippen molar-refractivity contribution in [3.8, 4) is 28.3 Å². The third-order valence-electron chi connectivity index (χ3n) is 6.37. The lowest BCUT2D eigenvalue weighted by atomic mass is 9.77. The van der Waals surface area contributed by atoms with Gasteiger partial charge in [-0.3, -0.25) is 0 Å². The minimum Gasteiger partial charge on any atom is -0.471 e. The van der Waals surface area contributed by atoms with Crippen molar-refractivity contribution in [2.24, 2.45) is 5.73 Å². The molecule has 5 heteroatoms. The predicted octanol–water partition coefficient (Wildman–Crippen LogP) is 7.32. The molecule has 0 saturated heterocycles. The zero-order valence-electron chi connectivity index (χ0n) is 16.7. The molecular formula is C25H24BrClN2O. The van der Waals surface area contributed by atoms with E-state index >= 15 is 0 Å².